The van der Waals surface area contributed by atoms with E-state index in [4.69, 9.17) is 9.84 Å². The van der Waals surface area contributed by atoms with Gasteiger partial charge < -0.3 is 19.8 Å². The number of amides is 1. The molecular weight excluding hydrogens is 150 g/mol. The highest BCUT2D eigenvalue weighted by Gasteiger charge is 2.33. The van der Waals surface area contributed by atoms with Crippen LogP contribution in [0.5, 0.6) is 0 Å². The van der Waals surface area contributed by atoms with Crippen LogP contribution in [0.4, 0.5) is 4.79 Å². The summed E-state index contributed by atoms with van der Waals surface area (Å²) in [6.45, 7) is 0.404. The minimum atomic E-state index is -1.01. The Morgan fingerprint density at radius 2 is 2.27 bits per heavy atom. The lowest BCUT2D eigenvalue weighted by atomic mass is 10.3. The summed E-state index contributed by atoms with van der Waals surface area (Å²) in [4.78, 5) is 11.5. The maximum Gasteiger partial charge on any atom is 0.407 e. The molecule has 1 saturated heterocycles. The zero-order valence-corrected chi connectivity index (χ0v) is 6.23. The highest BCUT2D eigenvalue weighted by molar-refractivity contribution is 5.65. The number of rotatable bonds is 1. The van der Waals surface area contributed by atoms with Crippen LogP contribution in [0.2, 0.25) is 0 Å². The van der Waals surface area contributed by atoms with Crippen LogP contribution in [0.15, 0.2) is 0 Å². The molecule has 5 heteroatoms. The molecular formula is C6H11NO4. The van der Waals surface area contributed by atoms with Crippen molar-refractivity contribution in [2.24, 2.45) is 0 Å². The van der Waals surface area contributed by atoms with Gasteiger partial charge in [-0.1, -0.05) is 0 Å². The van der Waals surface area contributed by atoms with Crippen molar-refractivity contribution in [1.29, 1.82) is 0 Å². The second-order valence-electron chi connectivity index (χ2n) is 2.53. The quantitative estimate of drug-likeness (QED) is 0.536. The molecule has 0 aromatic carbocycles. The van der Waals surface area contributed by atoms with Crippen molar-refractivity contribution in [3.63, 3.8) is 0 Å². The Kier molecular flexibility index (Phi) is 2.31. The molecule has 0 saturated carbocycles. The van der Waals surface area contributed by atoms with Gasteiger partial charge in [0.05, 0.1) is 19.2 Å². The predicted octanol–water partition coefficient (Wildman–Crippen LogP) is -0.644. The van der Waals surface area contributed by atoms with Crippen molar-refractivity contribution in [2.45, 2.75) is 12.2 Å². The van der Waals surface area contributed by atoms with E-state index >= 15 is 0 Å². The van der Waals surface area contributed by atoms with E-state index < -0.39 is 12.2 Å². The number of carboxylic acid groups (broad SMARTS) is 1. The number of nitrogens with zero attached hydrogens (tertiary/aromatic N) is 1. The van der Waals surface area contributed by atoms with Gasteiger partial charge in [-0.25, -0.2) is 4.79 Å². The Hall–Kier alpha value is -0.810. The van der Waals surface area contributed by atoms with Gasteiger partial charge in [0.15, 0.2) is 0 Å². The number of likely N-dealkylation sites (tertiary alicyclic amines) is 1. The third kappa shape index (κ3) is 1.61. The van der Waals surface area contributed by atoms with Crippen LogP contribution in [0.3, 0.4) is 0 Å². The minimum Gasteiger partial charge on any atom is -0.465 e. The SMILES string of the molecule is CO[C@H]1CN(C(=O)O)C[C@@H]1O. The lowest BCUT2D eigenvalue weighted by Crippen LogP contribution is -2.28. The van der Waals surface area contributed by atoms with Crippen molar-refractivity contribution in [3.8, 4) is 0 Å². The number of aliphatic hydroxyl groups is 1. The van der Waals surface area contributed by atoms with Crippen LogP contribution in [0, 0.1) is 0 Å². The van der Waals surface area contributed by atoms with Gasteiger partial charge in [-0.05, 0) is 0 Å². The number of β-amino-alcohol motifs (C(OH)–C–C–N with tert-alkyl or cyclic N) is 1. The van der Waals surface area contributed by atoms with Crippen LogP contribution in [0.1, 0.15) is 0 Å². The van der Waals surface area contributed by atoms with Crippen molar-refractivity contribution in [3.05, 3.63) is 0 Å². The summed E-state index contributed by atoms with van der Waals surface area (Å²) in [6, 6.07) is 0. The first-order valence-corrected chi connectivity index (χ1v) is 3.34. The standard InChI is InChI=1S/C6H11NO4/c1-11-5-3-7(6(9)10)2-4(5)8/h4-5,8H,2-3H2,1H3,(H,9,10)/t4-,5-/m0/s1. The Labute approximate surface area is 64.2 Å². The molecule has 1 rings (SSSR count). The molecule has 5 nitrogen and oxygen atoms in total. The predicted molar refractivity (Wildman–Crippen MR) is 36.4 cm³/mol. The Morgan fingerprint density at radius 3 is 2.55 bits per heavy atom. The van der Waals surface area contributed by atoms with E-state index in [-0.39, 0.29) is 19.2 Å². The van der Waals surface area contributed by atoms with Crippen molar-refractivity contribution in [1.82, 2.24) is 4.90 Å². The smallest absolute Gasteiger partial charge is 0.407 e. The maximum atomic E-state index is 10.4. The summed E-state index contributed by atoms with van der Waals surface area (Å²) in [6.07, 6.45) is -2.06. The van der Waals surface area contributed by atoms with Gasteiger partial charge in [-0.15, -0.1) is 0 Å². The highest BCUT2D eigenvalue weighted by atomic mass is 16.5. The van der Waals surface area contributed by atoms with E-state index in [1.54, 1.807) is 0 Å². The molecule has 0 aromatic heterocycles. The van der Waals surface area contributed by atoms with E-state index in [1.807, 2.05) is 0 Å². The number of hydrogen-bond acceptors (Lipinski definition) is 3. The van der Waals surface area contributed by atoms with Gasteiger partial charge in [-0.2, -0.15) is 0 Å². The van der Waals surface area contributed by atoms with Crippen molar-refractivity contribution in [2.75, 3.05) is 20.2 Å². The maximum absolute atomic E-state index is 10.4. The van der Waals surface area contributed by atoms with Crippen molar-refractivity contribution < 1.29 is 19.7 Å². The molecule has 1 fully saturated rings. The molecule has 1 amide bonds. The summed E-state index contributed by atoms with van der Waals surface area (Å²) in [5.41, 5.74) is 0. The molecule has 0 radical (unpaired) electrons. The number of ether oxygens (including phenoxy) is 1. The average Bonchev–Trinajstić information content (AvgIpc) is 2.31. The van der Waals surface area contributed by atoms with Crippen molar-refractivity contribution >= 4 is 6.09 Å². The monoisotopic (exact) mass is 161 g/mol. The summed E-state index contributed by atoms with van der Waals surface area (Å²) >= 11 is 0. The van der Waals surface area contributed by atoms with Gasteiger partial charge in [0, 0.05) is 7.11 Å². The number of hydrogen-bond donors (Lipinski definition) is 2. The van der Waals surface area contributed by atoms with Crippen LogP contribution in [-0.2, 0) is 4.74 Å². The molecule has 0 aliphatic carbocycles. The normalized spacial score (nSPS) is 30.9. The largest absolute Gasteiger partial charge is 0.465 e. The molecule has 0 aromatic rings. The van der Waals surface area contributed by atoms with Gasteiger partial charge in [0.1, 0.15) is 6.10 Å². The van der Waals surface area contributed by atoms with Gasteiger partial charge in [0.2, 0.25) is 0 Å². The lowest BCUT2D eigenvalue weighted by Gasteiger charge is -2.10. The second kappa shape index (κ2) is 3.06. The topological polar surface area (TPSA) is 70.0 Å². The van der Waals surface area contributed by atoms with E-state index in [0.29, 0.717) is 0 Å². The molecule has 2 N–H and O–H groups in total. The molecule has 11 heavy (non-hydrogen) atoms. The summed E-state index contributed by atoms with van der Waals surface area (Å²) in [5.74, 6) is 0. The first-order valence-electron chi connectivity index (χ1n) is 3.34. The van der Waals surface area contributed by atoms with Crippen LogP contribution < -0.4 is 0 Å². The van der Waals surface area contributed by atoms with E-state index in [2.05, 4.69) is 0 Å². The first-order chi connectivity index (χ1) is 5.15. The fourth-order valence-electron chi connectivity index (χ4n) is 1.14. The summed E-state index contributed by atoms with van der Waals surface area (Å²) < 4.78 is 4.85. The molecule has 1 heterocycles. The Bertz CT molecular complexity index is 161. The van der Waals surface area contributed by atoms with Crippen LogP contribution >= 0.6 is 0 Å². The summed E-state index contributed by atoms with van der Waals surface area (Å²) in [7, 11) is 1.46. The van der Waals surface area contributed by atoms with Gasteiger partial charge >= 0.3 is 6.09 Å². The van der Waals surface area contributed by atoms with E-state index in [1.165, 1.54) is 7.11 Å². The zero-order chi connectivity index (χ0) is 8.43. The third-order valence-corrected chi connectivity index (χ3v) is 1.81. The third-order valence-electron chi connectivity index (χ3n) is 1.81. The molecule has 0 bridgehead atoms. The highest BCUT2D eigenvalue weighted by Crippen LogP contribution is 2.12. The summed E-state index contributed by atoms with van der Waals surface area (Å²) in [5, 5.41) is 17.7. The van der Waals surface area contributed by atoms with Crippen LogP contribution in [-0.4, -0.2) is 53.6 Å². The molecule has 2 atom stereocenters. The number of methoxy groups -OCH3 is 1. The lowest BCUT2D eigenvalue weighted by molar-refractivity contribution is 0.0215. The molecule has 64 valence electrons. The molecule has 1 aliphatic rings. The Morgan fingerprint density at radius 1 is 1.64 bits per heavy atom. The van der Waals surface area contributed by atoms with E-state index in [0.717, 1.165) is 4.90 Å². The average molecular weight is 161 g/mol. The minimum absolute atomic E-state index is 0.147. The number of carbonyl (C=O) groups is 1. The molecule has 0 spiro atoms. The fourth-order valence-corrected chi connectivity index (χ4v) is 1.14. The van der Waals surface area contributed by atoms with E-state index in [9.17, 15) is 9.90 Å². The zero-order valence-electron chi connectivity index (χ0n) is 6.23. The fraction of sp³-hybridized carbons (Fsp3) is 0.833. The Balaban J connectivity index is 2.49. The van der Waals surface area contributed by atoms with Crippen LogP contribution in [0.25, 0.3) is 0 Å². The first kappa shape index (κ1) is 8.29. The number of aliphatic hydroxyl groups excluding tert-OH is 1. The van der Waals surface area contributed by atoms with Gasteiger partial charge in [-0.3, -0.25) is 0 Å². The van der Waals surface area contributed by atoms with Gasteiger partial charge in [0.25, 0.3) is 0 Å². The molecule has 0 unspecified atom stereocenters. The molecule has 1 aliphatic heterocycles. The second-order valence-corrected chi connectivity index (χ2v) is 2.53.